The quantitative estimate of drug-likeness (QED) is 0.789. The van der Waals surface area contributed by atoms with Crippen LogP contribution in [0, 0.1) is 0 Å². The average Bonchev–Trinajstić information content (AvgIpc) is 2.50. The van der Waals surface area contributed by atoms with Crippen molar-refractivity contribution in [3.05, 3.63) is 10.5 Å². The molecule has 5 heteroatoms. The summed E-state index contributed by atoms with van der Waals surface area (Å²) in [6, 6.07) is 0.306. The minimum absolute atomic E-state index is 0.125. The van der Waals surface area contributed by atoms with E-state index in [1.165, 1.54) is 18.4 Å². The molecule has 2 rings (SSSR count). The molecule has 102 valence electrons. The molecule has 2 atom stereocenters. The molecule has 2 heterocycles. The van der Waals surface area contributed by atoms with E-state index in [4.69, 9.17) is 0 Å². The van der Waals surface area contributed by atoms with Gasteiger partial charge in [-0.25, -0.2) is 0 Å². The fourth-order valence-corrected chi connectivity index (χ4v) is 4.64. The van der Waals surface area contributed by atoms with Crippen molar-refractivity contribution in [3.63, 3.8) is 0 Å². The summed E-state index contributed by atoms with van der Waals surface area (Å²) in [7, 11) is 2.13. The van der Waals surface area contributed by atoms with Gasteiger partial charge < -0.3 is 10.2 Å². The Morgan fingerprint density at radius 1 is 1.50 bits per heavy atom. The van der Waals surface area contributed by atoms with Crippen molar-refractivity contribution in [1.82, 2.24) is 10.2 Å². The molecule has 1 saturated heterocycles. The highest BCUT2D eigenvalue weighted by molar-refractivity contribution is 9.11. The molecule has 1 N–H and O–H groups in total. The highest BCUT2D eigenvalue weighted by Crippen LogP contribution is 2.40. The first-order valence-electron chi connectivity index (χ1n) is 6.56. The van der Waals surface area contributed by atoms with E-state index in [2.05, 4.69) is 40.1 Å². The van der Waals surface area contributed by atoms with Crippen molar-refractivity contribution < 1.29 is 4.79 Å². The Hall–Kier alpha value is -0.000000000000000111. The zero-order chi connectivity index (χ0) is 13.1. The summed E-state index contributed by atoms with van der Waals surface area (Å²) in [6.45, 7) is 4.18. The standard InChI is InChI=1S/C13H21BrN2OS/c1-9-7-11(14)18-12(9)13(17)15-10-5-3-4-6-16(2)8-10/h10-11H,3-8H2,1-2H3,(H,15,17)/t10-,11?/m0/s1. The average molecular weight is 333 g/mol. The van der Waals surface area contributed by atoms with Crippen molar-refractivity contribution in [2.75, 3.05) is 20.1 Å². The number of nitrogens with zero attached hydrogens (tertiary/aromatic N) is 1. The van der Waals surface area contributed by atoms with Gasteiger partial charge in [0.05, 0.1) is 9.06 Å². The van der Waals surface area contributed by atoms with E-state index in [-0.39, 0.29) is 5.91 Å². The van der Waals surface area contributed by atoms with E-state index in [0.717, 1.165) is 30.8 Å². The van der Waals surface area contributed by atoms with Gasteiger partial charge in [-0.3, -0.25) is 4.79 Å². The molecule has 0 saturated carbocycles. The molecule has 18 heavy (non-hydrogen) atoms. The molecule has 0 aromatic carbocycles. The van der Waals surface area contributed by atoms with E-state index in [1.54, 1.807) is 11.8 Å². The van der Waals surface area contributed by atoms with Crippen molar-refractivity contribution >= 4 is 33.6 Å². The van der Waals surface area contributed by atoms with Gasteiger partial charge in [0, 0.05) is 12.6 Å². The first kappa shape index (κ1) is 14.4. The predicted octanol–water partition coefficient (Wildman–Crippen LogP) is 2.72. The topological polar surface area (TPSA) is 32.3 Å². The highest BCUT2D eigenvalue weighted by Gasteiger charge is 2.27. The summed E-state index contributed by atoms with van der Waals surface area (Å²) in [5, 5.41) is 3.20. The number of alkyl halides is 1. The zero-order valence-electron chi connectivity index (χ0n) is 11.0. The maximum Gasteiger partial charge on any atom is 0.257 e. The van der Waals surface area contributed by atoms with Crippen molar-refractivity contribution in [2.45, 2.75) is 42.8 Å². The molecule has 0 spiro atoms. The Morgan fingerprint density at radius 2 is 2.28 bits per heavy atom. The molecule has 3 nitrogen and oxygen atoms in total. The van der Waals surface area contributed by atoms with Gasteiger partial charge in [0.1, 0.15) is 0 Å². The van der Waals surface area contributed by atoms with E-state index in [1.807, 2.05) is 0 Å². The van der Waals surface area contributed by atoms with Gasteiger partial charge in [0.2, 0.25) is 0 Å². The Kier molecular flexibility index (Phi) is 5.15. The number of carbonyl (C=O) groups excluding carboxylic acids is 1. The number of thioether (sulfide) groups is 1. The smallest absolute Gasteiger partial charge is 0.257 e. The summed E-state index contributed by atoms with van der Waals surface area (Å²) < 4.78 is 0.370. The molecule has 1 amide bonds. The number of allylic oxidation sites excluding steroid dienone is 1. The Balaban J connectivity index is 1.92. The number of hydrogen-bond donors (Lipinski definition) is 1. The minimum Gasteiger partial charge on any atom is -0.348 e. The molecular formula is C13H21BrN2OS. The van der Waals surface area contributed by atoms with Crippen LogP contribution in [0.4, 0.5) is 0 Å². The summed E-state index contributed by atoms with van der Waals surface area (Å²) in [6.07, 6.45) is 4.52. The summed E-state index contributed by atoms with van der Waals surface area (Å²) >= 11 is 5.21. The second-order valence-electron chi connectivity index (χ2n) is 5.27. The van der Waals surface area contributed by atoms with Crippen LogP contribution in [0.15, 0.2) is 10.5 Å². The fourth-order valence-electron chi connectivity index (χ4n) is 2.55. The number of likely N-dealkylation sites (tertiary alicyclic amines) is 1. The van der Waals surface area contributed by atoms with E-state index in [9.17, 15) is 4.79 Å². The molecule has 1 unspecified atom stereocenters. The van der Waals surface area contributed by atoms with E-state index >= 15 is 0 Å². The first-order chi connectivity index (χ1) is 8.56. The molecule has 2 aliphatic rings. The maximum absolute atomic E-state index is 12.3. The largest absolute Gasteiger partial charge is 0.348 e. The van der Waals surface area contributed by atoms with Crippen LogP contribution in [-0.2, 0) is 4.79 Å². The Morgan fingerprint density at radius 3 is 2.94 bits per heavy atom. The van der Waals surface area contributed by atoms with Gasteiger partial charge in [-0.2, -0.15) is 0 Å². The lowest BCUT2D eigenvalue weighted by atomic mass is 10.1. The van der Waals surface area contributed by atoms with Crippen LogP contribution in [0.3, 0.4) is 0 Å². The van der Waals surface area contributed by atoms with Gasteiger partial charge in [-0.05, 0) is 39.8 Å². The normalized spacial score (nSPS) is 30.4. The molecule has 0 aromatic rings. The number of likely N-dealkylation sites (N-methyl/N-ethyl adjacent to an activating group) is 1. The Bertz CT molecular complexity index is 359. The van der Waals surface area contributed by atoms with Crippen LogP contribution < -0.4 is 5.32 Å². The zero-order valence-corrected chi connectivity index (χ0v) is 13.4. The molecular weight excluding hydrogens is 312 g/mol. The number of halogens is 1. The number of nitrogens with one attached hydrogen (secondary N) is 1. The van der Waals surface area contributed by atoms with Crippen LogP contribution in [0.5, 0.6) is 0 Å². The van der Waals surface area contributed by atoms with Crippen LogP contribution >= 0.6 is 27.7 Å². The summed E-state index contributed by atoms with van der Waals surface area (Å²) in [5.74, 6) is 0.125. The number of rotatable bonds is 2. The van der Waals surface area contributed by atoms with Crippen LogP contribution in [0.25, 0.3) is 0 Å². The van der Waals surface area contributed by atoms with Crippen LogP contribution in [0.1, 0.15) is 32.6 Å². The molecule has 1 fully saturated rings. The third-order valence-corrected chi connectivity index (χ3v) is 5.59. The van der Waals surface area contributed by atoms with Crippen molar-refractivity contribution in [1.29, 1.82) is 0 Å². The number of hydrogen-bond acceptors (Lipinski definition) is 3. The summed E-state index contributed by atoms with van der Waals surface area (Å²) in [5.41, 5.74) is 1.21. The maximum atomic E-state index is 12.3. The molecule has 0 aromatic heterocycles. The fraction of sp³-hybridized carbons (Fsp3) is 0.769. The third-order valence-electron chi connectivity index (χ3n) is 3.52. The van der Waals surface area contributed by atoms with E-state index < -0.39 is 0 Å². The lowest BCUT2D eigenvalue weighted by Crippen LogP contribution is -2.41. The lowest BCUT2D eigenvalue weighted by Gasteiger charge is -2.21. The monoisotopic (exact) mass is 332 g/mol. The molecule has 2 aliphatic heterocycles. The number of carbonyl (C=O) groups is 1. The number of amides is 1. The van der Waals surface area contributed by atoms with Crippen molar-refractivity contribution in [2.24, 2.45) is 0 Å². The SMILES string of the molecule is CC1=C(C(=O)N[C@H]2CCCCN(C)C2)SC(Br)C1. The van der Waals surface area contributed by atoms with Crippen molar-refractivity contribution in [3.8, 4) is 0 Å². The van der Waals surface area contributed by atoms with Gasteiger partial charge >= 0.3 is 0 Å². The van der Waals surface area contributed by atoms with Crippen LogP contribution in [0.2, 0.25) is 0 Å². The lowest BCUT2D eigenvalue weighted by molar-refractivity contribution is -0.117. The van der Waals surface area contributed by atoms with Gasteiger partial charge in [-0.1, -0.05) is 27.9 Å². The highest BCUT2D eigenvalue weighted by atomic mass is 79.9. The molecule has 0 bridgehead atoms. The predicted molar refractivity (Wildman–Crippen MR) is 80.9 cm³/mol. The second-order valence-corrected chi connectivity index (χ2v) is 8.19. The molecule has 0 aliphatic carbocycles. The van der Waals surface area contributed by atoms with Gasteiger partial charge in [0.25, 0.3) is 5.91 Å². The third kappa shape index (κ3) is 3.75. The second kappa shape index (κ2) is 6.44. The van der Waals surface area contributed by atoms with Gasteiger partial charge in [-0.15, -0.1) is 11.8 Å². The summed E-state index contributed by atoms with van der Waals surface area (Å²) in [4.78, 5) is 15.5. The first-order valence-corrected chi connectivity index (χ1v) is 8.35. The minimum atomic E-state index is 0.125. The van der Waals surface area contributed by atoms with Crippen LogP contribution in [-0.4, -0.2) is 41.1 Å². The molecule has 0 radical (unpaired) electrons. The Labute approximate surface area is 122 Å². The van der Waals surface area contributed by atoms with E-state index in [0.29, 0.717) is 10.2 Å². The van der Waals surface area contributed by atoms with Gasteiger partial charge in [0.15, 0.2) is 0 Å².